The first-order valence-electron chi connectivity index (χ1n) is 7.64. The van der Waals surface area contributed by atoms with E-state index in [2.05, 4.69) is 10.3 Å². The maximum atomic E-state index is 13.2. The van der Waals surface area contributed by atoms with Crippen molar-refractivity contribution in [3.8, 4) is 5.75 Å². The van der Waals surface area contributed by atoms with Crippen molar-refractivity contribution in [1.82, 2.24) is 4.98 Å². The number of anilines is 1. The Bertz CT molecular complexity index is 989. The molecule has 7 heteroatoms. The largest absolute Gasteiger partial charge is 0.492 e. The predicted octanol–water partition coefficient (Wildman–Crippen LogP) is 3.27. The van der Waals surface area contributed by atoms with Gasteiger partial charge in [-0.1, -0.05) is 0 Å². The summed E-state index contributed by atoms with van der Waals surface area (Å²) in [5.74, 6) is 0.272. The summed E-state index contributed by atoms with van der Waals surface area (Å²) in [6.07, 6.45) is 2.78. The van der Waals surface area contributed by atoms with E-state index in [1.807, 2.05) is 6.07 Å². The fourth-order valence-electron chi connectivity index (χ4n) is 2.41. The Balaban J connectivity index is 1.59. The zero-order valence-corrected chi connectivity index (χ0v) is 14.4. The van der Waals surface area contributed by atoms with Crippen molar-refractivity contribution >= 4 is 26.4 Å². The highest BCUT2D eigenvalue weighted by molar-refractivity contribution is 7.90. The molecule has 0 bridgehead atoms. The van der Waals surface area contributed by atoms with Gasteiger partial charge >= 0.3 is 0 Å². The number of pyridine rings is 1. The lowest BCUT2D eigenvalue weighted by Gasteiger charge is -2.11. The van der Waals surface area contributed by atoms with E-state index < -0.39 is 9.84 Å². The summed E-state index contributed by atoms with van der Waals surface area (Å²) in [5, 5.41) is 4.06. The Morgan fingerprint density at radius 1 is 1.12 bits per heavy atom. The molecule has 130 valence electrons. The number of halogens is 1. The molecule has 3 aromatic rings. The second-order valence-electron chi connectivity index (χ2n) is 5.54. The van der Waals surface area contributed by atoms with Crippen LogP contribution in [0.15, 0.2) is 59.6 Å². The van der Waals surface area contributed by atoms with Crippen molar-refractivity contribution < 1.29 is 17.5 Å². The third-order valence-electron chi connectivity index (χ3n) is 3.64. The second-order valence-corrected chi connectivity index (χ2v) is 7.55. The normalized spacial score (nSPS) is 11.4. The predicted molar refractivity (Wildman–Crippen MR) is 95.2 cm³/mol. The molecule has 1 heterocycles. The van der Waals surface area contributed by atoms with Crippen molar-refractivity contribution in [2.75, 3.05) is 24.7 Å². The van der Waals surface area contributed by atoms with E-state index in [0.29, 0.717) is 24.4 Å². The van der Waals surface area contributed by atoms with Crippen LogP contribution in [0.1, 0.15) is 0 Å². The van der Waals surface area contributed by atoms with Crippen LogP contribution in [-0.2, 0) is 9.84 Å². The number of benzene rings is 2. The number of fused-ring (bicyclic) bond motifs is 1. The van der Waals surface area contributed by atoms with Crippen LogP contribution in [0.3, 0.4) is 0 Å². The number of nitrogens with zero attached hydrogens (tertiary/aromatic N) is 1. The number of sulfone groups is 1. The van der Waals surface area contributed by atoms with Gasteiger partial charge in [0.1, 0.15) is 18.2 Å². The fraction of sp³-hybridized carbons (Fsp3) is 0.167. The van der Waals surface area contributed by atoms with Gasteiger partial charge in [-0.15, -0.1) is 0 Å². The molecule has 0 aliphatic rings. The smallest absolute Gasteiger partial charge is 0.175 e. The summed E-state index contributed by atoms with van der Waals surface area (Å²) in [6, 6.07) is 12.6. The Labute approximate surface area is 145 Å². The van der Waals surface area contributed by atoms with Crippen molar-refractivity contribution in [2.24, 2.45) is 0 Å². The Kier molecular flexibility index (Phi) is 4.85. The zero-order chi connectivity index (χ0) is 17.9. The second kappa shape index (κ2) is 7.06. The van der Waals surface area contributed by atoms with Gasteiger partial charge in [-0.2, -0.15) is 0 Å². The average molecular weight is 360 g/mol. The Morgan fingerprint density at radius 2 is 1.88 bits per heavy atom. The molecule has 0 atom stereocenters. The van der Waals surface area contributed by atoms with Gasteiger partial charge in [0.2, 0.25) is 0 Å². The van der Waals surface area contributed by atoms with Crippen molar-refractivity contribution in [1.29, 1.82) is 0 Å². The molecular weight excluding hydrogens is 343 g/mol. The molecule has 0 radical (unpaired) electrons. The van der Waals surface area contributed by atoms with Crippen LogP contribution in [0, 0.1) is 5.82 Å². The number of rotatable bonds is 6. The molecule has 0 amide bonds. The van der Waals surface area contributed by atoms with E-state index in [0.717, 1.165) is 17.3 Å². The van der Waals surface area contributed by atoms with Crippen LogP contribution in [0.5, 0.6) is 5.75 Å². The molecule has 5 nitrogen and oxygen atoms in total. The summed E-state index contributed by atoms with van der Waals surface area (Å²) >= 11 is 0. The standard InChI is InChI=1S/C18H17FN2O3S/c1-25(22,23)15-5-3-14(4-6-15)24-11-10-21-17-8-9-20-18-12-13(19)2-7-16(17)18/h2-9,12H,10-11H2,1H3,(H,20,21). The highest BCUT2D eigenvalue weighted by atomic mass is 32.2. The van der Waals surface area contributed by atoms with Gasteiger partial charge in [0.05, 0.1) is 10.4 Å². The molecule has 0 unspecified atom stereocenters. The molecule has 0 saturated heterocycles. The van der Waals surface area contributed by atoms with E-state index >= 15 is 0 Å². The van der Waals surface area contributed by atoms with Crippen molar-refractivity contribution in [3.63, 3.8) is 0 Å². The molecule has 0 aliphatic carbocycles. The van der Waals surface area contributed by atoms with Crippen LogP contribution < -0.4 is 10.1 Å². The first-order chi connectivity index (χ1) is 11.9. The molecule has 0 spiro atoms. The maximum Gasteiger partial charge on any atom is 0.175 e. The zero-order valence-electron chi connectivity index (χ0n) is 13.6. The summed E-state index contributed by atoms with van der Waals surface area (Å²) < 4.78 is 41.7. The summed E-state index contributed by atoms with van der Waals surface area (Å²) in [5.41, 5.74) is 1.43. The molecule has 25 heavy (non-hydrogen) atoms. The highest BCUT2D eigenvalue weighted by Crippen LogP contribution is 2.22. The lowest BCUT2D eigenvalue weighted by atomic mass is 10.2. The van der Waals surface area contributed by atoms with Gasteiger partial charge in [0, 0.05) is 36.1 Å². The minimum absolute atomic E-state index is 0.258. The van der Waals surface area contributed by atoms with Gasteiger partial charge in [0.25, 0.3) is 0 Å². The number of hydrogen-bond acceptors (Lipinski definition) is 5. The van der Waals surface area contributed by atoms with Crippen LogP contribution in [0.4, 0.5) is 10.1 Å². The van der Waals surface area contributed by atoms with E-state index in [1.165, 1.54) is 24.3 Å². The van der Waals surface area contributed by atoms with Crippen molar-refractivity contribution in [3.05, 3.63) is 60.5 Å². The SMILES string of the molecule is CS(=O)(=O)c1ccc(OCCNc2ccnc3cc(F)ccc23)cc1. The number of nitrogens with one attached hydrogen (secondary N) is 1. The molecule has 1 N–H and O–H groups in total. The van der Waals surface area contributed by atoms with Gasteiger partial charge in [-0.3, -0.25) is 4.98 Å². The van der Waals surface area contributed by atoms with E-state index in [-0.39, 0.29) is 10.7 Å². The first-order valence-corrected chi connectivity index (χ1v) is 9.54. The molecule has 0 aliphatic heterocycles. The summed E-state index contributed by atoms with van der Waals surface area (Å²) in [4.78, 5) is 4.40. The lowest BCUT2D eigenvalue weighted by Crippen LogP contribution is -2.12. The van der Waals surface area contributed by atoms with Gasteiger partial charge in [0.15, 0.2) is 9.84 Å². The fourth-order valence-corrected chi connectivity index (χ4v) is 3.04. The molecule has 3 rings (SSSR count). The van der Waals surface area contributed by atoms with E-state index in [4.69, 9.17) is 4.74 Å². The number of aromatic nitrogens is 1. The Hall–Kier alpha value is -2.67. The number of ether oxygens (including phenoxy) is 1. The first kappa shape index (κ1) is 17.2. The van der Waals surface area contributed by atoms with Crippen LogP contribution in [0.25, 0.3) is 10.9 Å². The molecular formula is C18H17FN2O3S. The number of hydrogen-bond donors (Lipinski definition) is 1. The van der Waals surface area contributed by atoms with E-state index in [9.17, 15) is 12.8 Å². The average Bonchev–Trinajstić information content (AvgIpc) is 2.58. The van der Waals surface area contributed by atoms with Crippen molar-refractivity contribution in [2.45, 2.75) is 4.90 Å². The molecule has 0 saturated carbocycles. The summed E-state index contributed by atoms with van der Waals surface area (Å²) in [7, 11) is -3.21. The van der Waals surface area contributed by atoms with Gasteiger partial charge in [-0.05, 0) is 42.5 Å². The van der Waals surface area contributed by atoms with Gasteiger partial charge in [-0.25, -0.2) is 12.8 Å². The maximum absolute atomic E-state index is 13.2. The third-order valence-corrected chi connectivity index (χ3v) is 4.77. The van der Waals surface area contributed by atoms with Gasteiger partial charge < -0.3 is 10.1 Å². The topological polar surface area (TPSA) is 68.3 Å². The molecule has 1 aromatic heterocycles. The monoisotopic (exact) mass is 360 g/mol. The van der Waals surface area contributed by atoms with Crippen LogP contribution in [-0.4, -0.2) is 32.8 Å². The quantitative estimate of drug-likeness (QED) is 0.684. The Morgan fingerprint density at radius 3 is 2.60 bits per heavy atom. The van der Waals surface area contributed by atoms with Crippen LogP contribution >= 0.6 is 0 Å². The van der Waals surface area contributed by atoms with Crippen LogP contribution in [0.2, 0.25) is 0 Å². The third kappa shape index (κ3) is 4.24. The lowest BCUT2D eigenvalue weighted by molar-refractivity contribution is 0.332. The summed E-state index contributed by atoms with van der Waals surface area (Å²) in [6.45, 7) is 0.924. The minimum Gasteiger partial charge on any atom is -0.492 e. The highest BCUT2D eigenvalue weighted by Gasteiger charge is 2.06. The minimum atomic E-state index is -3.21. The molecule has 0 fully saturated rings. The van der Waals surface area contributed by atoms with E-state index in [1.54, 1.807) is 24.4 Å². The molecule has 2 aromatic carbocycles.